The number of benzene rings is 1. The van der Waals surface area contributed by atoms with Crippen molar-refractivity contribution in [3.8, 4) is 5.75 Å². The van der Waals surface area contributed by atoms with Crippen LogP contribution in [0.5, 0.6) is 5.75 Å². The van der Waals surface area contributed by atoms with E-state index in [4.69, 9.17) is 9.47 Å². The number of hydrogen-bond donors (Lipinski definition) is 1. The van der Waals surface area contributed by atoms with Crippen LogP contribution in [0, 0.1) is 10.1 Å². The van der Waals surface area contributed by atoms with Crippen LogP contribution in [0.15, 0.2) is 17.9 Å². The first kappa shape index (κ1) is 12.5. The maximum absolute atomic E-state index is 11.2. The van der Waals surface area contributed by atoms with Crippen molar-refractivity contribution in [1.82, 2.24) is 0 Å². The number of nitro benzene ring substituents is 1. The fourth-order valence-electron chi connectivity index (χ4n) is 2.27. The summed E-state index contributed by atoms with van der Waals surface area (Å²) in [4.78, 5) is 21.7. The van der Waals surface area contributed by atoms with Crippen molar-refractivity contribution in [3.05, 3.63) is 33.6 Å². The molecular weight excluding hydrogens is 264 g/mol. The van der Waals surface area contributed by atoms with Crippen molar-refractivity contribution in [2.24, 2.45) is 0 Å². The summed E-state index contributed by atoms with van der Waals surface area (Å²) in [6.45, 7) is 4.96. The molecule has 0 fully saturated rings. The third-order valence-electron chi connectivity index (χ3n) is 3.12. The fourth-order valence-corrected chi connectivity index (χ4v) is 2.27. The molecule has 0 saturated heterocycles. The Morgan fingerprint density at radius 1 is 1.40 bits per heavy atom. The van der Waals surface area contributed by atoms with Gasteiger partial charge in [0.05, 0.1) is 22.2 Å². The van der Waals surface area contributed by atoms with Gasteiger partial charge in [-0.25, -0.2) is 0 Å². The van der Waals surface area contributed by atoms with Crippen LogP contribution in [0.4, 0.5) is 11.4 Å². The highest BCUT2D eigenvalue weighted by Crippen LogP contribution is 2.55. The summed E-state index contributed by atoms with van der Waals surface area (Å²) in [7, 11) is 0. The number of anilines is 1. The van der Waals surface area contributed by atoms with Gasteiger partial charge in [-0.2, -0.15) is 0 Å². The molecule has 0 bridgehead atoms. The summed E-state index contributed by atoms with van der Waals surface area (Å²) in [5.74, 6) is 1.32. The number of nitrogens with zero attached hydrogens (tertiary/aromatic N) is 1. The molecule has 1 amide bonds. The van der Waals surface area contributed by atoms with Gasteiger partial charge in [0.15, 0.2) is 17.1 Å². The molecule has 0 atom stereocenters. The molecule has 0 radical (unpaired) electrons. The van der Waals surface area contributed by atoms with Gasteiger partial charge in [0.1, 0.15) is 5.75 Å². The van der Waals surface area contributed by atoms with Gasteiger partial charge in [0, 0.05) is 13.0 Å². The maximum atomic E-state index is 11.2. The highest BCUT2D eigenvalue weighted by molar-refractivity contribution is 5.96. The average Bonchev–Trinajstić information content (AvgIpc) is 3.07. The number of carbonyl (C=O) groups excluding carboxylic acids is 1. The standard InChI is InChI=1S/C13H12N2O5/c1-6(16)14-8-4-7(15(17)18)5-9-10(8)11-12(19-11)13(2,3)20-9/h4-5H,1-3H3,(H,14,16). The van der Waals surface area contributed by atoms with E-state index >= 15 is 0 Å². The third kappa shape index (κ3) is 1.78. The van der Waals surface area contributed by atoms with Crippen molar-refractivity contribution < 1.29 is 19.2 Å². The Balaban J connectivity index is 2.19. The summed E-state index contributed by atoms with van der Waals surface area (Å²) in [6, 6.07) is 2.64. The molecule has 1 N–H and O–H groups in total. The van der Waals surface area contributed by atoms with Crippen LogP contribution in [0.25, 0.3) is 5.76 Å². The van der Waals surface area contributed by atoms with Gasteiger partial charge in [-0.15, -0.1) is 0 Å². The number of nitrogens with one attached hydrogen (secondary N) is 1. The van der Waals surface area contributed by atoms with E-state index in [-0.39, 0.29) is 11.6 Å². The first-order valence-electron chi connectivity index (χ1n) is 6.01. The lowest BCUT2D eigenvalue weighted by atomic mass is 10.0. The number of fused-ring (bicyclic) bond motifs is 2. The summed E-state index contributed by atoms with van der Waals surface area (Å²) in [5, 5.41) is 13.5. The lowest BCUT2D eigenvalue weighted by Gasteiger charge is -2.24. The topological polar surface area (TPSA) is 94.0 Å². The van der Waals surface area contributed by atoms with E-state index in [1.165, 1.54) is 19.1 Å². The second-order valence-electron chi connectivity index (χ2n) is 5.18. The molecule has 1 aromatic rings. The van der Waals surface area contributed by atoms with Gasteiger partial charge in [0.2, 0.25) is 5.91 Å². The molecule has 1 aromatic carbocycles. The van der Waals surface area contributed by atoms with Crippen molar-refractivity contribution in [2.75, 3.05) is 5.32 Å². The number of carbonyl (C=O) groups is 1. The van der Waals surface area contributed by atoms with Crippen molar-refractivity contribution in [1.29, 1.82) is 0 Å². The number of ether oxygens (including phenoxy) is 2. The van der Waals surface area contributed by atoms with Crippen LogP contribution in [-0.2, 0) is 9.53 Å². The molecule has 7 heteroatoms. The minimum absolute atomic E-state index is 0.145. The Kier molecular flexibility index (Phi) is 2.32. The molecule has 0 unspecified atom stereocenters. The molecule has 2 aliphatic rings. The van der Waals surface area contributed by atoms with Crippen molar-refractivity contribution in [2.45, 2.75) is 26.4 Å². The number of amides is 1. The van der Waals surface area contributed by atoms with Crippen LogP contribution >= 0.6 is 0 Å². The molecular formula is C13H12N2O5. The van der Waals surface area contributed by atoms with E-state index in [2.05, 4.69) is 5.32 Å². The van der Waals surface area contributed by atoms with Crippen LogP contribution < -0.4 is 10.1 Å². The predicted molar refractivity (Wildman–Crippen MR) is 70.1 cm³/mol. The second kappa shape index (κ2) is 3.72. The largest absolute Gasteiger partial charge is 0.479 e. The Morgan fingerprint density at radius 2 is 2.10 bits per heavy atom. The smallest absolute Gasteiger partial charge is 0.275 e. The highest BCUT2D eigenvalue weighted by Gasteiger charge is 2.49. The number of rotatable bonds is 2. The molecule has 2 aliphatic heterocycles. The zero-order valence-electron chi connectivity index (χ0n) is 11.1. The first-order valence-corrected chi connectivity index (χ1v) is 6.01. The molecule has 0 saturated carbocycles. The molecule has 0 spiro atoms. The van der Waals surface area contributed by atoms with E-state index in [0.29, 0.717) is 28.5 Å². The van der Waals surface area contributed by atoms with Crippen LogP contribution in [-0.4, -0.2) is 16.4 Å². The normalized spacial score (nSPS) is 17.4. The molecule has 0 aliphatic carbocycles. The van der Waals surface area contributed by atoms with Crippen molar-refractivity contribution >= 4 is 23.0 Å². The monoisotopic (exact) mass is 276 g/mol. The van der Waals surface area contributed by atoms with Crippen LogP contribution in [0.1, 0.15) is 26.3 Å². The van der Waals surface area contributed by atoms with E-state index in [1.54, 1.807) is 0 Å². The Morgan fingerprint density at radius 3 is 2.70 bits per heavy atom. The average molecular weight is 276 g/mol. The van der Waals surface area contributed by atoms with E-state index in [1.807, 2.05) is 13.8 Å². The Labute approximate surface area is 114 Å². The quantitative estimate of drug-likeness (QED) is 0.661. The zero-order chi connectivity index (χ0) is 14.7. The number of hydrogen-bond acceptors (Lipinski definition) is 5. The fraction of sp³-hybridized carbons (Fsp3) is 0.308. The summed E-state index contributed by atoms with van der Waals surface area (Å²) < 4.78 is 11.2. The first-order chi connectivity index (χ1) is 9.29. The Hall–Kier alpha value is -2.57. The maximum Gasteiger partial charge on any atom is 0.275 e. The van der Waals surface area contributed by atoms with Gasteiger partial charge < -0.3 is 14.8 Å². The van der Waals surface area contributed by atoms with Crippen LogP contribution in [0.3, 0.4) is 0 Å². The van der Waals surface area contributed by atoms with Gasteiger partial charge in [-0.1, -0.05) is 0 Å². The zero-order valence-corrected chi connectivity index (χ0v) is 11.1. The lowest BCUT2D eigenvalue weighted by molar-refractivity contribution is -0.384. The van der Waals surface area contributed by atoms with E-state index < -0.39 is 10.5 Å². The van der Waals surface area contributed by atoms with Gasteiger partial charge in [-0.05, 0) is 13.8 Å². The minimum atomic E-state index is -0.662. The number of nitro groups is 1. The highest BCUT2D eigenvalue weighted by atomic mass is 16.6. The molecule has 3 rings (SSSR count). The molecule has 2 heterocycles. The van der Waals surface area contributed by atoms with E-state index in [0.717, 1.165) is 0 Å². The van der Waals surface area contributed by atoms with Crippen molar-refractivity contribution in [3.63, 3.8) is 0 Å². The molecule has 20 heavy (non-hydrogen) atoms. The van der Waals surface area contributed by atoms with Crippen LogP contribution in [0.2, 0.25) is 0 Å². The summed E-state index contributed by atoms with van der Waals surface area (Å²) in [6.07, 6.45) is 0. The summed E-state index contributed by atoms with van der Waals surface area (Å²) >= 11 is 0. The lowest BCUT2D eigenvalue weighted by Crippen LogP contribution is -2.29. The molecule has 0 aromatic heterocycles. The second-order valence-corrected chi connectivity index (χ2v) is 5.18. The molecule has 7 nitrogen and oxygen atoms in total. The minimum Gasteiger partial charge on any atom is -0.479 e. The van der Waals surface area contributed by atoms with Gasteiger partial charge in [0.25, 0.3) is 5.69 Å². The van der Waals surface area contributed by atoms with Gasteiger partial charge in [-0.3, -0.25) is 14.9 Å². The number of non-ortho nitro benzene ring substituents is 1. The third-order valence-corrected chi connectivity index (χ3v) is 3.12. The Bertz CT molecular complexity index is 690. The summed E-state index contributed by atoms with van der Waals surface area (Å²) in [5.41, 5.74) is 0.0701. The predicted octanol–water partition coefficient (Wildman–Crippen LogP) is 2.42. The van der Waals surface area contributed by atoms with Gasteiger partial charge >= 0.3 is 0 Å². The SMILES string of the molecule is CC(=O)Nc1cc([N+](=O)[O-])cc2c1C1=C(O1)C(C)(C)O2. The molecule has 104 valence electrons. The van der Waals surface area contributed by atoms with E-state index in [9.17, 15) is 14.9 Å².